The third-order valence-electron chi connectivity index (χ3n) is 5.33. The van der Waals surface area contributed by atoms with Gasteiger partial charge in [-0.1, -0.05) is 64.0 Å². The molecule has 30 heavy (non-hydrogen) atoms. The van der Waals surface area contributed by atoms with Crippen molar-refractivity contribution in [3.8, 4) is 5.75 Å². The van der Waals surface area contributed by atoms with Crippen molar-refractivity contribution < 1.29 is 14.6 Å². The van der Waals surface area contributed by atoms with Crippen molar-refractivity contribution in [1.29, 1.82) is 0 Å². The van der Waals surface area contributed by atoms with Crippen LogP contribution in [0, 0.1) is 0 Å². The Bertz CT molecular complexity index is 563. The van der Waals surface area contributed by atoms with Crippen LogP contribution in [0.25, 0.3) is 0 Å². The minimum Gasteiger partial charge on any atom is -0.494 e. The first-order chi connectivity index (χ1) is 14.6. The number of carbonyl (C=O) groups is 1. The van der Waals surface area contributed by atoms with Crippen molar-refractivity contribution >= 4 is 5.91 Å². The van der Waals surface area contributed by atoms with E-state index in [9.17, 15) is 9.90 Å². The Hall–Kier alpha value is -1.59. The molecule has 1 N–H and O–H groups in total. The summed E-state index contributed by atoms with van der Waals surface area (Å²) in [5.74, 6) is 0.985. The lowest BCUT2D eigenvalue weighted by Gasteiger charge is -2.23. The number of likely N-dealkylation sites (N-methyl/N-ethyl adjacent to an activating group) is 1. The lowest BCUT2D eigenvalue weighted by atomic mass is 10.1. The molecule has 0 aliphatic carbocycles. The van der Waals surface area contributed by atoms with Gasteiger partial charge in [0.25, 0.3) is 0 Å². The van der Waals surface area contributed by atoms with Crippen molar-refractivity contribution in [2.75, 3.05) is 46.9 Å². The summed E-state index contributed by atoms with van der Waals surface area (Å²) < 4.78 is 5.92. The highest BCUT2D eigenvalue weighted by Crippen LogP contribution is 2.16. The lowest BCUT2D eigenvalue weighted by Crippen LogP contribution is -2.38. The maximum absolute atomic E-state index is 12.5. The van der Waals surface area contributed by atoms with Crippen molar-refractivity contribution in [2.45, 2.75) is 71.1 Å². The van der Waals surface area contributed by atoms with Crippen LogP contribution in [0.3, 0.4) is 0 Å². The standard InChI is InChI=1S/C25H44N2O3/c1-4-5-6-7-8-9-10-11-21-30-24-14-12-13-23(22-24)15-16-25(29)27(19-20-28)18-17-26(2)3/h12-14,22,28H,4-11,15-21H2,1-3H3. The molecule has 1 amide bonds. The Morgan fingerprint density at radius 3 is 2.33 bits per heavy atom. The molecule has 5 heteroatoms. The van der Waals surface area contributed by atoms with Crippen LogP contribution in [0.5, 0.6) is 5.75 Å². The van der Waals surface area contributed by atoms with E-state index < -0.39 is 0 Å². The number of ether oxygens (including phenoxy) is 1. The van der Waals surface area contributed by atoms with Crippen LogP contribution in [0.1, 0.15) is 70.3 Å². The predicted octanol–water partition coefficient (Wildman–Crippen LogP) is 4.52. The van der Waals surface area contributed by atoms with E-state index in [1.54, 1.807) is 4.90 Å². The number of benzene rings is 1. The average molecular weight is 421 g/mol. The van der Waals surface area contributed by atoms with Gasteiger partial charge in [-0.15, -0.1) is 0 Å². The molecular weight excluding hydrogens is 376 g/mol. The van der Waals surface area contributed by atoms with Crippen LogP contribution in [0.15, 0.2) is 24.3 Å². The van der Waals surface area contributed by atoms with Gasteiger partial charge in [-0.3, -0.25) is 4.79 Å². The van der Waals surface area contributed by atoms with Crippen molar-refractivity contribution in [3.63, 3.8) is 0 Å². The first kappa shape index (κ1) is 26.4. The third-order valence-corrected chi connectivity index (χ3v) is 5.33. The number of hydrogen-bond acceptors (Lipinski definition) is 4. The maximum Gasteiger partial charge on any atom is 0.223 e. The van der Waals surface area contributed by atoms with Crippen molar-refractivity contribution in [1.82, 2.24) is 9.80 Å². The SMILES string of the molecule is CCCCCCCCCCOc1cccc(CCC(=O)N(CCO)CCN(C)C)c1. The summed E-state index contributed by atoms with van der Waals surface area (Å²) >= 11 is 0. The van der Waals surface area contributed by atoms with Gasteiger partial charge in [-0.2, -0.15) is 0 Å². The number of nitrogens with zero attached hydrogens (tertiary/aromatic N) is 2. The van der Waals surface area contributed by atoms with E-state index in [0.29, 0.717) is 25.9 Å². The highest BCUT2D eigenvalue weighted by atomic mass is 16.5. The Labute approximate surface area is 184 Å². The number of aryl methyl sites for hydroxylation is 1. The molecule has 1 aromatic rings. The monoisotopic (exact) mass is 420 g/mol. The van der Waals surface area contributed by atoms with Crippen LogP contribution in [-0.4, -0.2) is 67.8 Å². The molecule has 0 spiro atoms. The molecule has 0 bridgehead atoms. The first-order valence-corrected chi connectivity index (χ1v) is 11.8. The summed E-state index contributed by atoms with van der Waals surface area (Å²) in [7, 11) is 3.97. The van der Waals surface area contributed by atoms with Gasteiger partial charge in [-0.25, -0.2) is 0 Å². The molecule has 1 aromatic carbocycles. The second kappa shape index (κ2) is 17.1. The third kappa shape index (κ3) is 12.9. The fraction of sp³-hybridized carbons (Fsp3) is 0.720. The van der Waals surface area contributed by atoms with E-state index in [1.807, 2.05) is 43.3 Å². The molecule has 0 aromatic heterocycles. The number of amides is 1. The fourth-order valence-electron chi connectivity index (χ4n) is 3.43. The second-order valence-electron chi connectivity index (χ2n) is 8.38. The maximum atomic E-state index is 12.5. The van der Waals surface area contributed by atoms with Gasteiger partial charge in [-0.05, 0) is 44.6 Å². The molecular formula is C25H44N2O3. The number of carbonyl (C=O) groups excluding carboxylic acids is 1. The number of aliphatic hydroxyl groups excluding tert-OH is 1. The molecule has 0 saturated carbocycles. The highest BCUT2D eigenvalue weighted by Gasteiger charge is 2.13. The van der Waals surface area contributed by atoms with Gasteiger partial charge >= 0.3 is 0 Å². The van der Waals surface area contributed by atoms with Gasteiger partial charge in [0.15, 0.2) is 0 Å². The van der Waals surface area contributed by atoms with Crippen LogP contribution in [0.4, 0.5) is 0 Å². The lowest BCUT2D eigenvalue weighted by molar-refractivity contribution is -0.131. The fourth-order valence-corrected chi connectivity index (χ4v) is 3.43. The number of hydrogen-bond donors (Lipinski definition) is 1. The Kier molecular flexibility index (Phi) is 15.1. The Balaban J connectivity index is 2.29. The van der Waals surface area contributed by atoms with Gasteiger partial charge in [0.2, 0.25) is 5.91 Å². The number of rotatable bonds is 18. The van der Waals surface area contributed by atoms with E-state index in [4.69, 9.17) is 4.74 Å². The zero-order chi connectivity index (χ0) is 22.0. The van der Waals surface area contributed by atoms with E-state index in [0.717, 1.165) is 30.9 Å². The van der Waals surface area contributed by atoms with Crippen LogP contribution < -0.4 is 4.74 Å². The van der Waals surface area contributed by atoms with Gasteiger partial charge in [0.05, 0.1) is 13.2 Å². The van der Waals surface area contributed by atoms with E-state index in [1.165, 1.54) is 44.9 Å². The second-order valence-corrected chi connectivity index (χ2v) is 8.38. The predicted molar refractivity (Wildman–Crippen MR) is 125 cm³/mol. The summed E-state index contributed by atoms with van der Waals surface area (Å²) in [6.07, 6.45) is 11.5. The molecule has 5 nitrogen and oxygen atoms in total. The summed E-state index contributed by atoms with van der Waals surface area (Å²) in [5.41, 5.74) is 1.12. The van der Waals surface area contributed by atoms with Crippen LogP contribution >= 0.6 is 0 Å². The summed E-state index contributed by atoms with van der Waals surface area (Å²) in [5, 5.41) is 9.23. The average Bonchev–Trinajstić information content (AvgIpc) is 2.74. The van der Waals surface area contributed by atoms with E-state index in [-0.39, 0.29) is 12.5 Å². The molecule has 0 aliphatic heterocycles. The van der Waals surface area contributed by atoms with Crippen LogP contribution in [-0.2, 0) is 11.2 Å². The molecule has 0 saturated heterocycles. The normalized spacial score (nSPS) is 11.1. The van der Waals surface area contributed by atoms with Crippen molar-refractivity contribution in [2.24, 2.45) is 0 Å². The quantitative estimate of drug-likeness (QED) is 0.355. The van der Waals surface area contributed by atoms with Gasteiger partial charge in [0, 0.05) is 26.1 Å². The largest absolute Gasteiger partial charge is 0.494 e. The Morgan fingerprint density at radius 2 is 1.67 bits per heavy atom. The molecule has 0 atom stereocenters. The van der Waals surface area contributed by atoms with E-state index >= 15 is 0 Å². The summed E-state index contributed by atoms with van der Waals surface area (Å²) in [6, 6.07) is 8.09. The summed E-state index contributed by atoms with van der Waals surface area (Å²) in [6.45, 7) is 4.85. The molecule has 0 radical (unpaired) electrons. The molecule has 172 valence electrons. The molecule has 0 aliphatic rings. The molecule has 0 heterocycles. The smallest absolute Gasteiger partial charge is 0.223 e. The molecule has 0 fully saturated rings. The zero-order valence-corrected chi connectivity index (χ0v) is 19.6. The number of aliphatic hydroxyl groups is 1. The summed E-state index contributed by atoms with van der Waals surface area (Å²) in [4.78, 5) is 16.3. The van der Waals surface area contributed by atoms with Gasteiger partial charge < -0.3 is 19.6 Å². The zero-order valence-electron chi connectivity index (χ0n) is 19.6. The van der Waals surface area contributed by atoms with Gasteiger partial charge in [0.1, 0.15) is 5.75 Å². The minimum absolute atomic E-state index is 0.00122. The minimum atomic E-state index is 0.00122. The Morgan fingerprint density at radius 1 is 0.967 bits per heavy atom. The van der Waals surface area contributed by atoms with Crippen molar-refractivity contribution in [3.05, 3.63) is 29.8 Å². The first-order valence-electron chi connectivity index (χ1n) is 11.8. The van der Waals surface area contributed by atoms with E-state index in [2.05, 4.69) is 6.92 Å². The number of unbranched alkanes of at least 4 members (excludes halogenated alkanes) is 7. The van der Waals surface area contributed by atoms with Crippen LogP contribution in [0.2, 0.25) is 0 Å². The topological polar surface area (TPSA) is 53.0 Å². The molecule has 1 rings (SSSR count). The molecule has 0 unspecified atom stereocenters. The highest BCUT2D eigenvalue weighted by molar-refractivity contribution is 5.76.